The lowest BCUT2D eigenvalue weighted by Crippen LogP contribution is -2.43. The minimum absolute atomic E-state index is 0.235. The Balaban J connectivity index is 2.27. The van der Waals surface area contributed by atoms with Crippen molar-refractivity contribution in [2.75, 3.05) is 0 Å². The van der Waals surface area contributed by atoms with Gasteiger partial charge in [0.1, 0.15) is 16.2 Å². The monoisotopic (exact) mass is 339 g/mol. The summed E-state index contributed by atoms with van der Waals surface area (Å²) in [4.78, 5) is 25.3. The lowest BCUT2D eigenvalue weighted by atomic mass is 10.1. The van der Waals surface area contributed by atoms with E-state index in [0.717, 1.165) is 16.7 Å². The van der Waals surface area contributed by atoms with Crippen molar-refractivity contribution in [3.63, 3.8) is 0 Å². The van der Waals surface area contributed by atoms with Gasteiger partial charge in [0.25, 0.3) is 5.91 Å². The number of benzene rings is 1. The molecular weight excluding hydrogens is 325 g/mol. The number of nitrogens with zero attached hydrogens (tertiary/aromatic N) is 1. The van der Waals surface area contributed by atoms with Crippen molar-refractivity contribution in [2.24, 2.45) is 0 Å². The van der Waals surface area contributed by atoms with Crippen molar-refractivity contribution >= 4 is 46.3 Å². The van der Waals surface area contributed by atoms with Gasteiger partial charge >= 0.3 is 5.97 Å². The number of rotatable bonds is 5. The predicted molar refractivity (Wildman–Crippen MR) is 87.7 cm³/mol. The minimum atomic E-state index is -1.07. The standard InChI is InChI=1S/C15H14FNO3S2/c1-2-3-11(14(19)20)17-13(18)12(22-15(17)21)8-9-4-6-10(16)7-5-9/h4-8,11H,2-3H2,1H3,(H,19,20)/b12-8-/t11-/m1/s1. The summed E-state index contributed by atoms with van der Waals surface area (Å²) in [6.07, 6.45) is 2.56. The fourth-order valence-corrected chi connectivity index (χ4v) is 3.45. The molecule has 4 nitrogen and oxygen atoms in total. The fraction of sp³-hybridized carbons (Fsp3) is 0.267. The smallest absolute Gasteiger partial charge is 0.326 e. The quantitative estimate of drug-likeness (QED) is 0.659. The third kappa shape index (κ3) is 3.53. The number of carbonyl (C=O) groups excluding carboxylic acids is 1. The van der Waals surface area contributed by atoms with Gasteiger partial charge in [0.15, 0.2) is 0 Å². The van der Waals surface area contributed by atoms with Gasteiger partial charge in [-0.15, -0.1) is 0 Å². The number of carboxylic acid groups (broad SMARTS) is 1. The summed E-state index contributed by atoms with van der Waals surface area (Å²) in [5, 5.41) is 9.28. The molecule has 1 amide bonds. The molecule has 1 saturated heterocycles. The van der Waals surface area contributed by atoms with Crippen LogP contribution in [0.5, 0.6) is 0 Å². The zero-order valence-electron chi connectivity index (χ0n) is 11.8. The number of aliphatic carboxylic acids is 1. The number of amides is 1. The van der Waals surface area contributed by atoms with E-state index in [2.05, 4.69) is 0 Å². The summed E-state index contributed by atoms with van der Waals surface area (Å²) in [6.45, 7) is 1.85. The van der Waals surface area contributed by atoms with E-state index >= 15 is 0 Å². The molecule has 0 aromatic heterocycles. The van der Waals surface area contributed by atoms with E-state index in [9.17, 15) is 19.1 Å². The first-order valence-electron chi connectivity index (χ1n) is 6.69. The first kappa shape index (κ1) is 16.6. The van der Waals surface area contributed by atoms with Crippen LogP contribution in [0, 0.1) is 5.82 Å². The van der Waals surface area contributed by atoms with E-state index in [0.29, 0.717) is 23.3 Å². The molecule has 1 aliphatic rings. The summed E-state index contributed by atoms with van der Waals surface area (Å²) < 4.78 is 13.1. The Bertz CT molecular complexity index is 643. The van der Waals surface area contributed by atoms with E-state index in [1.807, 2.05) is 6.92 Å². The molecule has 1 aromatic carbocycles. The molecule has 1 heterocycles. The van der Waals surface area contributed by atoms with Crippen molar-refractivity contribution in [3.8, 4) is 0 Å². The summed E-state index contributed by atoms with van der Waals surface area (Å²) in [6, 6.07) is 4.73. The summed E-state index contributed by atoms with van der Waals surface area (Å²) >= 11 is 6.21. The number of hydrogen-bond donors (Lipinski definition) is 1. The van der Waals surface area contributed by atoms with Gasteiger partial charge in [-0.05, 0) is 30.2 Å². The van der Waals surface area contributed by atoms with Crippen molar-refractivity contribution in [3.05, 3.63) is 40.6 Å². The van der Waals surface area contributed by atoms with Crippen LogP contribution < -0.4 is 0 Å². The normalized spacial score (nSPS) is 18.1. The molecule has 7 heteroatoms. The van der Waals surface area contributed by atoms with E-state index in [1.165, 1.54) is 12.1 Å². The minimum Gasteiger partial charge on any atom is -0.480 e. The Kier molecular flexibility index (Phi) is 5.31. The van der Waals surface area contributed by atoms with Crippen LogP contribution in [0.4, 0.5) is 4.39 Å². The van der Waals surface area contributed by atoms with E-state index in [4.69, 9.17) is 12.2 Å². The zero-order chi connectivity index (χ0) is 16.3. The van der Waals surface area contributed by atoms with Crippen LogP contribution in [0.1, 0.15) is 25.3 Å². The predicted octanol–water partition coefficient (Wildman–Crippen LogP) is 3.28. The van der Waals surface area contributed by atoms with Gasteiger partial charge in [0, 0.05) is 0 Å². The van der Waals surface area contributed by atoms with Crippen molar-refractivity contribution in [1.29, 1.82) is 0 Å². The molecule has 116 valence electrons. The molecule has 0 saturated carbocycles. The highest BCUT2D eigenvalue weighted by Crippen LogP contribution is 2.34. The number of hydrogen-bond acceptors (Lipinski definition) is 4. The van der Waals surface area contributed by atoms with Gasteiger partial charge in [0.05, 0.1) is 4.91 Å². The van der Waals surface area contributed by atoms with E-state index < -0.39 is 17.9 Å². The number of thiocarbonyl (C=S) groups is 1. The maximum atomic E-state index is 12.9. The maximum absolute atomic E-state index is 12.9. The van der Waals surface area contributed by atoms with Gasteiger partial charge < -0.3 is 5.11 Å². The summed E-state index contributed by atoms with van der Waals surface area (Å²) in [5.74, 6) is -1.85. The number of carboxylic acids is 1. The van der Waals surface area contributed by atoms with Crippen LogP contribution in [0.2, 0.25) is 0 Å². The second kappa shape index (κ2) is 7.02. The molecule has 1 aliphatic heterocycles. The van der Waals surface area contributed by atoms with Gasteiger partial charge in [-0.25, -0.2) is 9.18 Å². The van der Waals surface area contributed by atoms with Crippen molar-refractivity contribution in [1.82, 2.24) is 4.90 Å². The van der Waals surface area contributed by atoms with Crippen molar-refractivity contribution in [2.45, 2.75) is 25.8 Å². The number of thioether (sulfide) groups is 1. The van der Waals surface area contributed by atoms with Crippen LogP contribution in [0.15, 0.2) is 29.2 Å². The molecule has 1 atom stereocenters. The van der Waals surface area contributed by atoms with Gasteiger partial charge in [0.2, 0.25) is 0 Å². The van der Waals surface area contributed by atoms with Gasteiger partial charge in [-0.3, -0.25) is 9.69 Å². The van der Waals surface area contributed by atoms with Crippen LogP contribution in [0.3, 0.4) is 0 Å². The Morgan fingerprint density at radius 2 is 2.09 bits per heavy atom. The molecule has 0 spiro atoms. The van der Waals surface area contributed by atoms with Crippen LogP contribution >= 0.6 is 24.0 Å². The van der Waals surface area contributed by atoms with E-state index in [1.54, 1.807) is 18.2 Å². The largest absolute Gasteiger partial charge is 0.480 e. The summed E-state index contributed by atoms with van der Waals surface area (Å²) in [5.41, 5.74) is 0.657. The molecule has 1 fully saturated rings. The highest BCUT2D eigenvalue weighted by molar-refractivity contribution is 8.26. The zero-order valence-corrected chi connectivity index (χ0v) is 13.4. The average Bonchev–Trinajstić information content (AvgIpc) is 2.73. The van der Waals surface area contributed by atoms with Crippen LogP contribution in [-0.4, -0.2) is 32.2 Å². The third-order valence-corrected chi connectivity index (χ3v) is 4.48. The molecule has 0 aliphatic carbocycles. The summed E-state index contributed by atoms with van der Waals surface area (Å²) in [7, 11) is 0. The maximum Gasteiger partial charge on any atom is 0.326 e. The lowest BCUT2D eigenvalue weighted by molar-refractivity contribution is -0.145. The first-order chi connectivity index (χ1) is 10.4. The van der Waals surface area contributed by atoms with Crippen LogP contribution in [-0.2, 0) is 9.59 Å². The first-order valence-corrected chi connectivity index (χ1v) is 7.92. The average molecular weight is 339 g/mol. The molecular formula is C15H14FNO3S2. The topological polar surface area (TPSA) is 57.6 Å². The molecule has 0 bridgehead atoms. The Morgan fingerprint density at radius 3 is 2.64 bits per heavy atom. The van der Waals surface area contributed by atoms with Gasteiger partial charge in [-0.1, -0.05) is 49.5 Å². The molecule has 1 N–H and O–H groups in total. The highest BCUT2D eigenvalue weighted by Gasteiger charge is 2.39. The Hall–Kier alpha value is -1.73. The number of halogens is 1. The number of carbonyl (C=O) groups is 2. The molecule has 22 heavy (non-hydrogen) atoms. The molecule has 2 rings (SSSR count). The third-order valence-electron chi connectivity index (χ3n) is 3.15. The second-order valence-electron chi connectivity index (χ2n) is 4.75. The van der Waals surface area contributed by atoms with Crippen molar-refractivity contribution < 1.29 is 19.1 Å². The molecule has 0 unspecified atom stereocenters. The molecule has 0 radical (unpaired) electrons. The second-order valence-corrected chi connectivity index (χ2v) is 6.42. The Morgan fingerprint density at radius 1 is 1.45 bits per heavy atom. The highest BCUT2D eigenvalue weighted by atomic mass is 32.2. The van der Waals surface area contributed by atoms with E-state index in [-0.39, 0.29) is 10.1 Å². The van der Waals surface area contributed by atoms with Gasteiger partial charge in [-0.2, -0.15) is 0 Å². The van der Waals surface area contributed by atoms with Crippen LogP contribution in [0.25, 0.3) is 6.08 Å². The lowest BCUT2D eigenvalue weighted by Gasteiger charge is -2.22. The molecule has 1 aromatic rings. The SMILES string of the molecule is CCC[C@H](C(=O)O)N1C(=O)/C(=C/c2ccc(F)cc2)SC1=S. The fourth-order valence-electron chi connectivity index (χ4n) is 2.10. The Labute approximate surface area is 137 Å².